The van der Waals surface area contributed by atoms with E-state index in [1.54, 1.807) is 6.33 Å². The fraction of sp³-hybridized carbons (Fsp3) is 0.579. The lowest BCUT2D eigenvalue weighted by molar-refractivity contribution is 0.557. The smallest absolute Gasteiger partial charge is 0.137 e. The largest absolute Gasteiger partial charge is 0.367 e. The van der Waals surface area contributed by atoms with Gasteiger partial charge in [0.25, 0.3) is 0 Å². The average Bonchev–Trinajstić information content (AvgIpc) is 2.54. The molecule has 0 fully saturated rings. The van der Waals surface area contributed by atoms with Crippen LogP contribution >= 0.6 is 0 Å². The van der Waals surface area contributed by atoms with Crippen LogP contribution in [0.25, 0.3) is 10.9 Å². The van der Waals surface area contributed by atoms with Gasteiger partial charge in [0.1, 0.15) is 12.1 Å². The van der Waals surface area contributed by atoms with Gasteiger partial charge in [-0.2, -0.15) is 0 Å². The predicted octanol–water partition coefficient (Wildman–Crippen LogP) is 5.57. The highest BCUT2D eigenvalue weighted by atomic mass is 15.0. The quantitative estimate of drug-likeness (QED) is 0.583. The van der Waals surface area contributed by atoms with Crippen LogP contribution in [-0.2, 0) is 0 Å². The highest BCUT2D eigenvalue weighted by molar-refractivity contribution is 5.88. The van der Waals surface area contributed by atoms with Gasteiger partial charge in [-0.15, -0.1) is 0 Å². The summed E-state index contributed by atoms with van der Waals surface area (Å²) in [7, 11) is 0. The second-order valence-electron chi connectivity index (χ2n) is 6.19. The Morgan fingerprint density at radius 1 is 0.955 bits per heavy atom. The number of nitrogens with one attached hydrogen (secondary N) is 1. The summed E-state index contributed by atoms with van der Waals surface area (Å²) >= 11 is 0. The lowest BCUT2D eigenvalue weighted by Gasteiger charge is -2.15. The van der Waals surface area contributed by atoms with Crippen LogP contribution in [0, 0.1) is 0 Å². The zero-order chi connectivity index (χ0) is 15.6. The number of para-hydroxylation sites is 1. The molecule has 22 heavy (non-hydrogen) atoms. The average molecular weight is 299 g/mol. The van der Waals surface area contributed by atoms with E-state index in [0.29, 0.717) is 6.04 Å². The minimum absolute atomic E-state index is 0.453. The number of aromatic nitrogens is 2. The van der Waals surface area contributed by atoms with E-state index >= 15 is 0 Å². The van der Waals surface area contributed by atoms with E-state index in [-0.39, 0.29) is 0 Å². The summed E-state index contributed by atoms with van der Waals surface area (Å²) in [6, 6.07) is 8.62. The Morgan fingerprint density at radius 3 is 2.50 bits per heavy atom. The van der Waals surface area contributed by atoms with Gasteiger partial charge < -0.3 is 5.32 Å². The van der Waals surface area contributed by atoms with Crippen molar-refractivity contribution in [1.29, 1.82) is 0 Å². The number of nitrogens with zero attached hydrogens (tertiary/aromatic N) is 2. The summed E-state index contributed by atoms with van der Waals surface area (Å²) in [6.07, 6.45) is 12.4. The molecule has 0 spiro atoms. The molecule has 1 atom stereocenters. The zero-order valence-corrected chi connectivity index (χ0v) is 14.0. The lowest BCUT2D eigenvalue weighted by atomic mass is 10.1. The van der Waals surface area contributed by atoms with Gasteiger partial charge in [-0.3, -0.25) is 0 Å². The summed E-state index contributed by atoms with van der Waals surface area (Å²) in [4.78, 5) is 8.71. The fourth-order valence-electron chi connectivity index (χ4n) is 2.83. The molecule has 0 bridgehead atoms. The molecule has 1 aromatic heterocycles. The number of hydrogen-bond donors (Lipinski definition) is 1. The monoisotopic (exact) mass is 299 g/mol. The molecule has 0 amide bonds. The van der Waals surface area contributed by atoms with Crippen molar-refractivity contribution in [1.82, 2.24) is 9.97 Å². The number of hydrogen-bond acceptors (Lipinski definition) is 3. The first-order valence-corrected chi connectivity index (χ1v) is 8.77. The number of anilines is 1. The molecule has 0 saturated heterocycles. The van der Waals surface area contributed by atoms with Crippen molar-refractivity contribution in [2.75, 3.05) is 5.32 Å². The third-order valence-electron chi connectivity index (χ3n) is 4.17. The number of fused-ring (bicyclic) bond motifs is 1. The van der Waals surface area contributed by atoms with Gasteiger partial charge >= 0.3 is 0 Å². The molecular formula is C19H29N3. The molecule has 0 radical (unpaired) electrons. The van der Waals surface area contributed by atoms with Crippen molar-refractivity contribution >= 4 is 16.7 Å². The number of benzene rings is 1. The fourth-order valence-corrected chi connectivity index (χ4v) is 2.83. The van der Waals surface area contributed by atoms with Crippen LogP contribution in [0.3, 0.4) is 0 Å². The Balaban J connectivity index is 1.73. The molecule has 0 saturated carbocycles. The Kier molecular flexibility index (Phi) is 7.14. The summed E-state index contributed by atoms with van der Waals surface area (Å²) in [6.45, 7) is 4.51. The van der Waals surface area contributed by atoms with Crippen LogP contribution in [0.4, 0.5) is 5.82 Å². The van der Waals surface area contributed by atoms with E-state index in [1.807, 2.05) is 18.2 Å². The Bertz CT molecular complexity index is 548. The minimum atomic E-state index is 0.453. The van der Waals surface area contributed by atoms with Crippen LogP contribution in [0.2, 0.25) is 0 Å². The van der Waals surface area contributed by atoms with E-state index in [9.17, 15) is 0 Å². The van der Waals surface area contributed by atoms with Gasteiger partial charge in [0.05, 0.1) is 5.52 Å². The highest BCUT2D eigenvalue weighted by Crippen LogP contribution is 2.20. The summed E-state index contributed by atoms with van der Waals surface area (Å²) < 4.78 is 0. The van der Waals surface area contributed by atoms with Crippen LogP contribution in [-0.4, -0.2) is 16.0 Å². The molecule has 0 aliphatic carbocycles. The van der Waals surface area contributed by atoms with Gasteiger partial charge in [-0.25, -0.2) is 9.97 Å². The molecular weight excluding hydrogens is 270 g/mol. The van der Waals surface area contributed by atoms with Crippen molar-refractivity contribution in [3.8, 4) is 0 Å². The Morgan fingerprint density at radius 2 is 1.68 bits per heavy atom. The maximum Gasteiger partial charge on any atom is 0.137 e. The van der Waals surface area contributed by atoms with Gasteiger partial charge in [-0.05, 0) is 25.5 Å². The first kappa shape index (κ1) is 16.7. The zero-order valence-electron chi connectivity index (χ0n) is 14.0. The van der Waals surface area contributed by atoms with E-state index in [2.05, 4.69) is 35.2 Å². The highest BCUT2D eigenvalue weighted by Gasteiger charge is 2.06. The molecule has 1 heterocycles. The molecule has 1 aromatic carbocycles. The van der Waals surface area contributed by atoms with E-state index in [1.165, 1.54) is 51.4 Å². The topological polar surface area (TPSA) is 37.8 Å². The Labute approximate surface area is 134 Å². The molecule has 3 nitrogen and oxygen atoms in total. The molecule has 2 aromatic rings. The maximum atomic E-state index is 4.40. The molecule has 3 heteroatoms. The molecule has 1 unspecified atom stereocenters. The van der Waals surface area contributed by atoms with E-state index in [0.717, 1.165) is 16.7 Å². The second-order valence-corrected chi connectivity index (χ2v) is 6.19. The summed E-state index contributed by atoms with van der Waals surface area (Å²) in [5.74, 6) is 0.959. The molecule has 0 aliphatic rings. The second kappa shape index (κ2) is 9.39. The lowest BCUT2D eigenvalue weighted by Crippen LogP contribution is -2.16. The van der Waals surface area contributed by atoms with Crippen molar-refractivity contribution in [2.24, 2.45) is 0 Å². The molecule has 2 rings (SSSR count). The molecule has 0 aliphatic heterocycles. The maximum absolute atomic E-state index is 4.40. The molecule has 120 valence electrons. The Hall–Kier alpha value is -1.64. The van der Waals surface area contributed by atoms with Crippen LogP contribution < -0.4 is 5.32 Å². The van der Waals surface area contributed by atoms with Crippen molar-refractivity contribution < 1.29 is 0 Å². The predicted molar refractivity (Wildman–Crippen MR) is 95.2 cm³/mol. The van der Waals surface area contributed by atoms with Crippen LogP contribution in [0.15, 0.2) is 30.6 Å². The number of unbranched alkanes of at least 4 members (excludes halogenated alkanes) is 6. The summed E-state index contributed by atoms with van der Waals surface area (Å²) in [5, 5.41) is 4.65. The summed E-state index contributed by atoms with van der Waals surface area (Å²) in [5.41, 5.74) is 1.00. The third kappa shape index (κ3) is 5.28. The van der Waals surface area contributed by atoms with Crippen molar-refractivity contribution in [2.45, 2.75) is 71.3 Å². The number of rotatable bonds is 10. The normalized spacial score (nSPS) is 12.5. The van der Waals surface area contributed by atoms with Gasteiger partial charge in [0, 0.05) is 11.4 Å². The first-order chi connectivity index (χ1) is 10.8. The van der Waals surface area contributed by atoms with Gasteiger partial charge in [-0.1, -0.05) is 64.0 Å². The first-order valence-electron chi connectivity index (χ1n) is 8.77. The standard InChI is InChI=1S/C19H29N3/c1-3-4-5-6-7-8-9-12-16(2)22-19-17-13-10-11-14-18(17)20-15-21-19/h10-11,13-16H,3-9,12H2,1-2H3,(H,20,21,22). The third-order valence-corrected chi connectivity index (χ3v) is 4.17. The van der Waals surface area contributed by atoms with Gasteiger partial charge in [0.15, 0.2) is 0 Å². The van der Waals surface area contributed by atoms with Crippen LogP contribution in [0.5, 0.6) is 0 Å². The molecule has 1 N–H and O–H groups in total. The van der Waals surface area contributed by atoms with E-state index in [4.69, 9.17) is 0 Å². The SMILES string of the molecule is CCCCCCCCCC(C)Nc1ncnc2ccccc12. The van der Waals surface area contributed by atoms with Crippen molar-refractivity contribution in [3.63, 3.8) is 0 Å². The van der Waals surface area contributed by atoms with E-state index < -0.39 is 0 Å². The van der Waals surface area contributed by atoms with Crippen LogP contribution in [0.1, 0.15) is 65.2 Å². The van der Waals surface area contributed by atoms with Crippen molar-refractivity contribution in [3.05, 3.63) is 30.6 Å². The van der Waals surface area contributed by atoms with Gasteiger partial charge in [0.2, 0.25) is 0 Å². The minimum Gasteiger partial charge on any atom is -0.367 e.